The second-order valence-corrected chi connectivity index (χ2v) is 5.69. The average molecular weight is 240 g/mol. The van der Waals surface area contributed by atoms with Gasteiger partial charge in [-0.1, -0.05) is 0 Å². The number of nitriles is 1. The second kappa shape index (κ2) is 4.28. The van der Waals surface area contributed by atoms with Gasteiger partial charge in [-0.05, 0) is 25.0 Å². The summed E-state index contributed by atoms with van der Waals surface area (Å²) in [6, 6.07) is 5.19. The maximum Gasteiger partial charge on any atom is 0.228 e. The van der Waals surface area contributed by atoms with Gasteiger partial charge in [0.15, 0.2) is 5.75 Å². The molecule has 1 aliphatic carbocycles. The molecule has 0 aromatic carbocycles. The van der Waals surface area contributed by atoms with Crippen LogP contribution in [0.15, 0.2) is 22.8 Å². The summed E-state index contributed by atoms with van der Waals surface area (Å²) in [6.07, 6.45) is 3.24. The van der Waals surface area contributed by atoms with E-state index in [0.717, 1.165) is 12.8 Å². The minimum atomic E-state index is -3.47. The third kappa shape index (κ3) is 2.43. The van der Waals surface area contributed by atoms with Crippen LogP contribution in [0.5, 0.6) is 0 Å². The van der Waals surface area contributed by atoms with E-state index in [1.807, 2.05) is 0 Å². The van der Waals surface area contributed by atoms with Crippen LogP contribution in [0, 0.1) is 11.3 Å². The lowest BCUT2D eigenvalue weighted by Gasteiger charge is -2.18. The molecule has 0 amide bonds. The zero-order chi connectivity index (χ0) is 11.6. The van der Waals surface area contributed by atoms with Gasteiger partial charge < -0.3 is 4.42 Å². The predicted molar refractivity (Wildman–Crippen MR) is 56.7 cm³/mol. The molecule has 1 aliphatic rings. The molecule has 2 rings (SSSR count). The zero-order valence-electron chi connectivity index (χ0n) is 8.67. The molecule has 0 radical (unpaired) electrons. The van der Waals surface area contributed by atoms with Gasteiger partial charge in [0.25, 0.3) is 0 Å². The van der Waals surface area contributed by atoms with Crippen molar-refractivity contribution in [2.45, 2.75) is 25.4 Å². The lowest BCUT2D eigenvalue weighted by Crippen LogP contribution is -2.34. The molecular formula is C10H12N2O3S. The number of nitrogens with zero attached hydrogens (tertiary/aromatic N) is 2. The van der Waals surface area contributed by atoms with Gasteiger partial charge in [0.1, 0.15) is 5.76 Å². The van der Waals surface area contributed by atoms with E-state index < -0.39 is 15.8 Å². The first kappa shape index (κ1) is 11.2. The Morgan fingerprint density at radius 3 is 2.81 bits per heavy atom. The van der Waals surface area contributed by atoms with Gasteiger partial charge >= 0.3 is 0 Å². The lowest BCUT2D eigenvalue weighted by molar-refractivity contribution is 0.358. The van der Waals surface area contributed by atoms with Crippen molar-refractivity contribution < 1.29 is 12.8 Å². The van der Waals surface area contributed by atoms with Crippen molar-refractivity contribution >= 4 is 10.0 Å². The second-order valence-electron chi connectivity index (χ2n) is 3.77. The van der Waals surface area contributed by atoms with Crippen LogP contribution in [0.2, 0.25) is 0 Å². The lowest BCUT2D eigenvalue weighted by atomic mass is 10.4. The molecule has 1 saturated carbocycles. The van der Waals surface area contributed by atoms with Crippen molar-refractivity contribution in [1.82, 2.24) is 4.31 Å². The van der Waals surface area contributed by atoms with E-state index in [9.17, 15) is 8.42 Å². The summed E-state index contributed by atoms with van der Waals surface area (Å²) in [7, 11) is -3.47. The minimum Gasteiger partial charge on any atom is -0.468 e. The number of furan rings is 1. The molecule has 0 N–H and O–H groups in total. The Balaban J connectivity index is 2.15. The summed E-state index contributed by atoms with van der Waals surface area (Å²) in [5.41, 5.74) is 0. The summed E-state index contributed by atoms with van der Waals surface area (Å²) in [4.78, 5) is 0. The molecule has 1 aromatic heterocycles. The standard InChI is InChI=1S/C10H12N2O3S/c11-5-7-16(13,14)12(9-3-4-9)8-10-2-1-6-15-10/h1-2,6,9H,3-4,7-8H2. The molecule has 0 aliphatic heterocycles. The van der Waals surface area contributed by atoms with Crippen LogP contribution in [-0.4, -0.2) is 24.5 Å². The molecule has 0 spiro atoms. The quantitative estimate of drug-likeness (QED) is 0.772. The maximum absolute atomic E-state index is 11.8. The Morgan fingerprint density at radius 2 is 2.31 bits per heavy atom. The van der Waals surface area contributed by atoms with Gasteiger partial charge in [0.2, 0.25) is 10.0 Å². The fourth-order valence-electron chi connectivity index (χ4n) is 1.54. The van der Waals surface area contributed by atoms with E-state index in [1.165, 1.54) is 10.6 Å². The van der Waals surface area contributed by atoms with Crippen molar-refractivity contribution in [2.75, 3.05) is 5.75 Å². The van der Waals surface area contributed by atoms with Crippen molar-refractivity contribution in [1.29, 1.82) is 5.26 Å². The molecule has 16 heavy (non-hydrogen) atoms. The molecule has 1 fully saturated rings. The highest BCUT2D eigenvalue weighted by Crippen LogP contribution is 2.30. The van der Waals surface area contributed by atoms with Crippen molar-refractivity contribution in [3.63, 3.8) is 0 Å². The molecule has 1 heterocycles. The monoisotopic (exact) mass is 240 g/mol. The molecule has 0 atom stereocenters. The SMILES string of the molecule is N#CCS(=O)(=O)N(Cc1ccco1)C1CC1. The largest absolute Gasteiger partial charge is 0.468 e. The number of hydrogen-bond acceptors (Lipinski definition) is 4. The molecule has 1 aromatic rings. The highest BCUT2D eigenvalue weighted by Gasteiger charge is 2.37. The van der Waals surface area contributed by atoms with Crippen molar-refractivity contribution in [3.05, 3.63) is 24.2 Å². The summed E-state index contributed by atoms with van der Waals surface area (Å²) >= 11 is 0. The third-order valence-corrected chi connectivity index (χ3v) is 4.09. The summed E-state index contributed by atoms with van der Waals surface area (Å²) in [5, 5.41) is 8.50. The van der Waals surface area contributed by atoms with Crippen LogP contribution < -0.4 is 0 Å². The number of rotatable bonds is 5. The van der Waals surface area contributed by atoms with Crippen LogP contribution >= 0.6 is 0 Å². The third-order valence-electron chi connectivity index (χ3n) is 2.45. The van der Waals surface area contributed by atoms with Gasteiger partial charge in [-0.2, -0.15) is 9.57 Å². The Hall–Kier alpha value is -1.32. The Labute approximate surface area is 94.3 Å². The molecule has 5 nitrogen and oxygen atoms in total. The van der Waals surface area contributed by atoms with E-state index in [-0.39, 0.29) is 12.6 Å². The van der Waals surface area contributed by atoms with E-state index in [2.05, 4.69) is 0 Å². The topological polar surface area (TPSA) is 74.3 Å². The summed E-state index contributed by atoms with van der Waals surface area (Å²) in [5.74, 6) is 0.137. The predicted octanol–water partition coefficient (Wildman–Crippen LogP) is 1.10. The summed E-state index contributed by atoms with van der Waals surface area (Å²) in [6.45, 7) is 0.224. The Bertz CT molecular complexity index is 483. The minimum absolute atomic E-state index is 0.0449. The zero-order valence-corrected chi connectivity index (χ0v) is 9.48. The molecular weight excluding hydrogens is 228 g/mol. The highest BCUT2D eigenvalue weighted by molar-refractivity contribution is 7.89. The molecule has 0 unspecified atom stereocenters. The van der Waals surface area contributed by atoms with Crippen LogP contribution in [0.25, 0.3) is 0 Å². The average Bonchev–Trinajstić information content (AvgIpc) is 2.92. The van der Waals surface area contributed by atoms with Gasteiger partial charge in [-0.15, -0.1) is 0 Å². The Morgan fingerprint density at radius 1 is 1.56 bits per heavy atom. The number of sulfonamides is 1. The van der Waals surface area contributed by atoms with Crippen LogP contribution in [0.1, 0.15) is 18.6 Å². The van der Waals surface area contributed by atoms with Gasteiger partial charge in [-0.3, -0.25) is 0 Å². The molecule has 6 heteroatoms. The van der Waals surface area contributed by atoms with E-state index in [1.54, 1.807) is 18.2 Å². The van der Waals surface area contributed by atoms with Gasteiger partial charge in [-0.25, -0.2) is 8.42 Å². The fraction of sp³-hybridized carbons (Fsp3) is 0.500. The van der Waals surface area contributed by atoms with Crippen molar-refractivity contribution in [2.24, 2.45) is 0 Å². The maximum atomic E-state index is 11.8. The number of hydrogen-bond donors (Lipinski definition) is 0. The van der Waals surface area contributed by atoms with Crippen molar-refractivity contribution in [3.8, 4) is 6.07 Å². The van der Waals surface area contributed by atoms with Gasteiger partial charge in [0, 0.05) is 6.04 Å². The highest BCUT2D eigenvalue weighted by atomic mass is 32.2. The normalized spacial score (nSPS) is 16.2. The van der Waals surface area contributed by atoms with Gasteiger partial charge in [0.05, 0.1) is 18.9 Å². The first-order valence-corrected chi connectivity index (χ1v) is 6.63. The molecule has 86 valence electrons. The van der Waals surface area contributed by atoms with Crippen LogP contribution in [0.3, 0.4) is 0 Å². The fourth-order valence-corrected chi connectivity index (χ4v) is 2.86. The smallest absolute Gasteiger partial charge is 0.228 e. The first-order valence-electron chi connectivity index (χ1n) is 5.02. The first-order chi connectivity index (χ1) is 7.63. The van der Waals surface area contributed by atoms with Crippen LogP contribution in [-0.2, 0) is 16.6 Å². The Kier molecular flexibility index (Phi) is 2.99. The molecule has 0 bridgehead atoms. The van der Waals surface area contributed by atoms with E-state index in [4.69, 9.17) is 9.68 Å². The van der Waals surface area contributed by atoms with E-state index >= 15 is 0 Å². The van der Waals surface area contributed by atoms with E-state index in [0.29, 0.717) is 5.76 Å². The summed E-state index contributed by atoms with van der Waals surface area (Å²) < 4.78 is 30.1. The molecule has 0 saturated heterocycles. The van der Waals surface area contributed by atoms with Crippen LogP contribution in [0.4, 0.5) is 0 Å².